The van der Waals surface area contributed by atoms with Crippen LogP contribution in [0.5, 0.6) is 0 Å². The minimum Gasteiger partial charge on any atom is -0.370 e. The molecule has 3 heterocycles. The molecule has 0 unspecified atom stereocenters. The molecule has 168 valence electrons. The minimum atomic E-state index is -0.221. The Balaban J connectivity index is 1.33. The molecule has 1 aliphatic rings. The molecule has 3 aromatic heterocycles. The molecule has 0 bridgehead atoms. The van der Waals surface area contributed by atoms with E-state index in [2.05, 4.69) is 47.7 Å². The number of rotatable bonds is 6. The summed E-state index contributed by atoms with van der Waals surface area (Å²) in [5.41, 5.74) is 5.80. The lowest BCUT2D eigenvalue weighted by Crippen LogP contribution is -2.10. The Morgan fingerprint density at radius 2 is 1.94 bits per heavy atom. The maximum absolute atomic E-state index is 14.2. The molecule has 0 radical (unpaired) electrons. The zero-order valence-corrected chi connectivity index (χ0v) is 19.0. The summed E-state index contributed by atoms with van der Waals surface area (Å²) in [5.74, 6) is 2.57. The van der Waals surface area contributed by atoms with Gasteiger partial charge in [-0.1, -0.05) is 18.2 Å². The molecule has 7 nitrogen and oxygen atoms in total. The van der Waals surface area contributed by atoms with E-state index in [9.17, 15) is 4.39 Å². The number of H-pyrrole nitrogens is 1. The molecule has 1 aromatic carbocycles. The van der Waals surface area contributed by atoms with Gasteiger partial charge in [0.1, 0.15) is 35.4 Å². The van der Waals surface area contributed by atoms with E-state index in [0.717, 1.165) is 64.4 Å². The van der Waals surface area contributed by atoms with Crippen LogP contribution in [-0.2, 0) is 12.8 Å². The van der Waals surface area contributed by atoms with E-state index in [4.69, 9.17) is 0 Å². The van der Waals surface area contributed by atoms with Crippen molar-refractivity contribution in [1.29, 1.82) is 0 Å². The Labute approximate surface area is 191 Å². The van der Waals surface area contributed by atoms with E-state index < -0.39 is 0 Å². The van der Waals surface area contributed by atoms with E-state index in [1.807, 2.05) is 32.9 Å². The quantitative estimate of drug-likeness (QED) is 0.381. The first-order valence-electron chi connectivity index (χ1n) is 11.1. The summed E-state index contributed by atoms with van der Waals surface area (Å²) in [7, 11) is 0. The SMILES string of the molecule is Cc1nc(NCCc2c(C)[nH]c3c(F)ccc(C)c23)cc(Nc2ncnc3c2C=CCC3)n1. The van der Waals surface area contributed by atoms with Gasteiger partial charge in [-0.2, -0.15) is 0 Å². The predicted molar refractivity (Wildman–Crippen MR) is 129 cm³/mol. The highest BCUT2D eigenvalue weighted by molar-refractivity contribution is 5.88. The molecule has 4 aromatic rings. The second kappa shape index (κ2) is 8.61. The molecule has 3 N–H and O–H groups in total. The Kier molecular flexibility index (Phi) is 5.50. The Bertz CT molecular complexity index is 1370. The van der Waals surface area contributed by atoms with Crippen molar-refractivity contribution in [2.45, 2.75) is 40.0 Å². The Morgan fingerprint density at radius 3 is 2.82 bits per heavy atom. The van der Waals surface area contributed by atoms with Crippen molar-refractivity contribution in [3.63, 3.8) is 0 Å². The zero-order chi connectivity index (χ0) is 22.9. The van der Waals surface area contributed by atoms with Crippen LogP contribution in [0.25, 0.3) is 17.0 Å². The third-order valence-electron chi connectivity index (χ3n) is 5.99. The van der Waals surface area contributed by atoms with Gasteiger partial charge in [-0.15, -0.1) is 0 Å². The Morgan fingerprint density at radius 1 is 1.09 bits per heavy atom. The number of nitrogens with one attached hydrogen (secondary N) is 3. The number of fused-ring (bicyclic) bond motifs is 2. The molecule has 0 saturated heterocycles. The number of allylic oxidation sites excluding steroid dienone is 1. The second-order valence-electron chi connectivity index (χ2n) is 8.35. The number of hydrogen-bond acceptors (Lipinski definition) is 6. The third kappa shape index (κ3) is 4.16. The number of nitrogens with zero attached hydrogens (tertiary/aromatic N) is 4. The van der Waals surface area contributed by atoms with Crippen molar-refractivity contribution in [3.05, 3.63) is 70.3 Å². The van der Waals surface area contributed by atoms with Gasteiger partial charge >= 0.3 is 0 Å². The van der Waals surface area contributed by atoms with E-state index in [-0.39, 0.29) is 5.82 Å². The van der Waals surface area contributed by atoms with Crippen LogP contribution < -0.4 is 10.6 Å². The average Bonchev–Trinajstić information content (AvgIpc) is 3.14. The molecule has 0 spiro atoms. The van der Waals surface area contributed by atoms with Gasteiger partial charge in [-0.25, -0.2) is 24.3 Å². The van der Waals surface area contributed by atoms with Gasteiger partial charge in [0.15, 0.2) is 0 Å². The third-order valence-corrected chi connectivity index (χ3v) is 5.99. The van der Waals surface area contributed by atoms with Crippen molar-refractivity contribution in [2.24, 2.45) is 0 Å². The first-order chi connectivity index (χ1) is 16.0. The fourth-order valence-electron chi connectivity index (χ4n) is 4.44. The monoisotopic (exact) mass is 443 g/mol. The number of aromatic nitrogens is 5. The molecule has 8 heteroatoms. The largest absolute Gasteiger partial charge is 0.370 e. The van der Waals surface area contributed by atoms with E-state index >= 15 is 0 Å². The first-order valence-corrected chi connectivity index (χ1v) is 11.1. The highest BCUT2D eigenvalue weighted by Gasteiger charge is 2.15. The highest BCUT2D eigenvalue weighted by Crippen LogP contribution is 2.28. The molecule has 0 amide bonds. The maximum atomic E-state index is 14.2. The molecule has 0 aliphatic heterocycles. The fraction of sp³-hybridized carbons (Fsp3) is 0.280. The summed E-state index contributed by atoms with van der Waals surface area (Å²) < 4.78 is 14.2. The van der Waals surface area contributed by atoms with Crippen LogP contribution in [-0.4, -0.2) is 31.5 Å². The van der Waals surface area contributed by atoms with Gasteiger partial charge in [-0.3, -0.25) is 0 Å². The van der Waals surface area contributed by atoms with Crippen LogP contribution in [0.4, 0.5) is 21.8 Å². The molecule has 0 fully saturated rings. The number of aromatic amines is 1. The number of anilines is 3. The molecule has 0 saturated carbocycles. The number of aryl methyl sites for hydroxylation is 4. The standard InChI is InChI=1S/C25H26FN7/c1-14-8-9-19(26)24-23(14)17(15(2)30-24)10-11-27-21-12-22(32-16(3)31-21)33-25-18-6-4-5-7-20(18)28-13-29-25/h4,6,8-9,12-13,30H,5,7,10-11H2,1-3H3,(H2,27,28,29,31,32,33). The van der Waals surface area contributed by atoms with Crippen molar-refractivity contribution >= 4 is 34.4 Å². The second-order valence-corrected chi connectivity index (χ2v) is 8.35. The maximum Gasteiger partial charge on any atom is 0.147 e. The topological polar surface area (TPSA) is 91.4 Å². The van der Waals surface area contributed by atoms with Crippen LogP contribution in [0.2, 0.25) is 0 Å². The molecule has 33 heavy (non-hydrogen) atoms. The summed E-state index contributed by atoms with van der Waals surface area (Å²) in [6, 6.07) is 5.22. The summed E-state index contributed by atoms with van der Waals surface area (Å²) in [4.78, 5) is 21.0. The molecule has 1 aliphatic carbocycles. The predicted octanol–water partition coefficient (Wildman–Crippen LogP) is 5.17. The van der Waals surface area contributed by atoms with Gasteiger partial charge in [0.2, 0.25) is 0 Å². The molecule has 5 rings (SSSR count). The van der Waals surface area contributed by atoms with Crippen molar-refractivity contribution in [3.8, 4) is 0 Å². The lowest BCUT2D eigenvalue weighted by molar-refractivity contribution is 0.637. The average molecular weight is 444 g/mol. The van der Waals surface area contributed by atoms with Crippen molar-refractivity contribution in [1.82, 2.24) is 24.9 Å². The molecular formula is C25H26FN7. The van der Waals surface area contributed by atoms with Gasteiger partial charge in [0, 0.05) is 29.3 Å². The smallest absolute Gasteiger partial charge is 0.147 e. The first kappa shape index (κ1) is 21.1. The van der Waals surface area contributed by atoms with Gasteiger partial charge < -0.3 is 15.6 Å². The van der Waals surface area contributed by atoms with E-state index in [1.54, 1.807) is 6.33 Å². The minimum absolute atomic E-state index is 0.221. The van der Waals surface area contributed by atoms with Crippen LogP contribution in [0.1, 0.15) is 40.3 Å². The number of benzene rings is 1. The summed E-state index contributed by atoms with van der Waals surface area (Å²) in [6.45, 7) is 6.52. The lowest BCUT2D eigenvalue weighted by atomic mass is 10.0. The summed E-state index contributed by atoms with van der Waals surface area (Å²) in [6.07, 6.45) is 8.42. The van der Waals surface area contributed by atoms with Crippen LogP contribution in [0.15, 0.2) is 30.6 Å². The van der Waals surface area contributed by atoms with Gasteiger partial charge in [0.25, 0.3) is 0 Å². The van der Waals surface area contributed by atoms with E-state index in [0.29, 0.717) is 23.7 Å². The number of hydrogen-bond donors (Lipinski definition) is 3. The zero-order valence-electron chi connectivity index (χ0n) is 19.0. The van der Waals surface area contributed by atoms with Gasteiger partial charge in [-0.05, 0) is 57.2 Å². The highest BCUT2D eigenvalue weighted by atomic mass is 19.1. The van der Waals surface area contributed by atoms with Crippen molar-refractivity contribution in [2.75, 3.05) is 17.2 Å². The Hall–Kier alpha value is -3.81. The normalized spacial score (nSPS) is 12.7. The number of halogens is 1. The van der Waals surface area contributed by atoms with E-state index in [1.165, 1.54) is 6.07 Å². The summed E-state index contributed by atoms with van der Waals surface area (Å²) in [5, 5.41) is 7.69. The summed E-state index contributed by atoms with van der Waals surface area (Å²) >= 11 is 0. The van der Waals surface area contributed by atoms with Crippen LogP contribution in [0, 0.1) is 26.6 Å². The van der Waals surface area contributed by atoms with Crippen molar-refractivity contribution < 1.29 is 4.39 Å². The van der Waals surface area contributed by atoms with Gasteiger partial charge in [0.05, 0.1) is 11.2 Å². The molecular weight excluding hydrogens is 417 g/mol. The molecule has 0 atom stereocenters. The van der Waals surface area contributed by atoms with Crippen LogP contribution >= 0.6 is 0 Å². The fourth-order valence-corrected chi connectivity index (χ4v) is 4.44. The lowest BCUT2D eigenvalue weighted by Gasteiger charge is -2.15. The van der Waals surface area contributed by atoms with Crippen LogP contribution in [0.3, 0.4) is 0 Å².